The molecule has 0 spiro atoms. The van der Waals surface area contributed by atoms with Gasteiger partial charge in [0.15, 0.2) is 12.1 Å². The summed E-state index contributed by atoms with van der Waals surface area (Å²) in [5.74, 6) is 3.09. The molecule has 2 aromatic carbocycles. The van der Waals surface area contributed by atoms with E-state index in [1.807, 2.05) is 54.6 Å². The minimum atomic E-state index is -1.18. The van der Waals surface area contributed by atoms with Gasteiger partial charge in [0.1, 0.15) is 11.5 Å². The molecule has 1 atom stereocenters. The van der Waals surface area contributed by atoms with Gasteiger partial charge in [-0.3, -0.25) is 0 Å². The van der Waals surface area contributed by atoms with E-state index >= 15 is 0 Å². The van der Waals surface area contributed by atoms with E-state index in [9.17, 15) is 5.11 Å². The molecule has 3 aliphatic rings. The molecule has 3 aromatic rings. The van der Waals surface area contributed by atoms with E-state index < -0.39 is 5.60 Å². The zero-order chi connectivity index (χ0) is 23.5. The van der Waals surface area contributed by atoms with E-state index in [2.05, 4.69) is 38.1 Å². The Kier molecular flexibility index (Phi) is 6.86. The summed E-state index contributed by atoms with van der Waals surface area (Å²) in [6.07, 6.45) is 5.49. The monoisotopic (exact) mass is 450 g/mol. The fourth-order valence-corrected chi connectivity index (χ4v) is 4.44. The van der Waals surface area contributed by atoms with Crippen molar-refractivity contribution in [3.8, 4) is 11.5 Å². The number of nitrogens with zero attached hydrogens (tertiary/aromatic N) is 3. The van der Waals surface area contributed by atoms with E-state index in [1.165, 1.54) is 6.42 Å². The van der Waals surface area contributed by atoms with Crippen LogP contribution in [0.5, 0.6) is 11.5 Å². The summed E-state index contributed by atoms with van der Waals surface area (Å²) in [6.45, 7) is 5.01. The lowest BCUT2D eigenvalue weighted by atomic mass is 9.73. The van der Waals surface area contributed by atoms with Crippen molar-refractivity contribution in [2.45, 2.75) is 64.1 Å². The first-order valence-corrected chi connectivity index (χ1v) is 12.0. The summed E-state index contributed by atoms with van der Waals surface area (Å²) in [6, 6.07) is 18.1. The van der Waals surface area contributed by atoms with Gasteiger partial charge in [-0.25, -0.2) is 0 Å². The molecule has 1 fully saturated rings. The van der Waals surface area contributed by atoms with E-state index in [4.69, 9.17) is 9.26 Å². The van der Waals surface area contributed by atoms with Gasteiger partial charge in [-0.15, -0.1) is 0 Å². The number of hydrogen-bond acceptors (Lipinski definition) is 5. The Hall–Kier alpha value is -2.70. The van der Waals surface area contributed by atoms with Gasteiger partial charge < -0.3 is 18.8 Å². The van der Waals surface area contributed by atoms with Gasteiger partial charge >= 0.3 is 0 Å². The predicted octanol–water partition coefficient (Wildman–Crippen LogP) is 5.66. The van der Waals surface area contributed by atoms with Crippen molar-refractivity contribution in [2.75, 3.05) is 14.1 Å². The predicted molar refractivity (Wildman–Crippen MR) is 128 cm³/mol. The molecule has 3 heterocycles. The first kappa shape index (κ1) is 23.5. The highest BCUT2D eigenvalue weighted by Crippen LogP contribution is 2.43. The van der Waals surface area contributed by atoms with Crippen LogP contribution in [0.15, 0.2) is 59.1 Å². The average Bonchev–Trinajstić information content (AvgIpc) is 3.28. The normalized spacial score (nSPS) is 17.4. The first-order chi connectivity index (χ1) is 15.8. The van der Waals surface area contributed by atoms with Crippen molar-refractivity contribution in [2.24, 2.45) is 5.92 Å². The van der Waals surface area contributed by atoms with Crippen molar-refractivity contribution >= 4 is 0 Å². The lowest BCUT2D eigenvalue weighted by Crippen LogP contribution is -2.45. The van der Waals surface area contributed by atoms with Crippen LogP contribution in [0.1, 0.15) is 63.2 Å². The van der Waals surface area contributed by atoms with Gasteiger partial charge in [0.25, 0.3) is 5.89 Å². The lowest BCUT2D eigenvalue weighted by molar-refractivity contribution is -0.925. The molecule has 1 saturated carbocycles. The number of rotatable bonds is 6. The molecule has 1 aliphatic carbocycles. The highest BCUT2D eigenvalue weighted by molar-refractivity contribution is 5.43. The van der Waals surface area contributed by atoms with Crippen LogP contribution in [0, 0.1) is 5.92 Å². The number of benzene rings is 2. The van der Waals surface area contributed by atoms with E-state index in [1.54, 1.807) is 0 Å². The molecule has 6 nitrogen and oxygen atoms in total. The van der Waals surface area contributed by atoms with Gasteiger partial charge in [-0.1, -0.05) is 60.8 Å². The van der Waals surface area contributed by atoms with Gasteiger partial charge in [0, 0.05) is 6.07 Å². The molecule has 6 rings (SSSR count). The highest BCUT2D eigenvalue weighted by atomic mass is 16.5. The third-order valence-corrected chi connectivity index (χ3v) is 7.20. The Bertz CT molecular complexity index is 1020. The molecular weight excluding hydrogens is 414 g/mol. The van der Waals surface area contributed by atoms with Gasteiger partial charge in [-0.05, 0) is 50.3 Å². The zero-order valence-electron chi connectivity index (χ0n) is 20.2. The summed E-state index contributed by atoms with van der Waals surface area (Å²) >= 11 is 0. The Labute approximate surface area is 196 Å². The molecule has 1 unspecified atom stereocenters. The number of aliphatic hydroxyl groups is 1. The van der Waals surface area contributed by atoms with Crippen LogP contribution in [0.3, 0.4) is 0 Å². The third-order valence-electron chi connectivity index (χ3n) is 7.20. The smallest absolute Gasteiger partial charge is 0.282 e. The molecule has 1 N–H and O–H groups in total. The summed E-state index contributed by atoms with van der Waals surface area (Å²) in [7, 11) is 4.30. The Morgan fingerprint density at radius 3 is 2.15 bits per heavy atom. The topological polar surface area (TPSA) is 68.4 Å². The number of quaternary nitrogens is 1. The Morgan fingerprint density at radius 1 is 1.00 bits per heavy atom. The van der Waals surface area contributed by atoms with Crippen molar-refractivity contribution in [3.63, 3.8) is 0 Å². The van der Waals surface area contributed by atoms with Crippen LogP contribution in [0.4, 0.5) is 0 Å². The van der Waals surface area contributed by atoms with Crippen LogP contribution in [0.2, 0.25) is 0 Å². The van der Waals surface area contributed by atoms with Crippen molar-refractivity contribution < 1.29 is 18.8 Å². The number of fused-ring (bicyclic) bond motifs is 2. The summed E-state index contributed by atoms with van der Waals surface area (Å²) in [5, 5.41) is 16.0. The number of ether oxygens (including phenoxy) is 1. The number of hydrogen-bond donors (Lipinski definition) is 1. The quantitative estimate of drug-likeness (QED) is 0.384. The summed E-state index contributed by atoms with van der Waals surface area (Å²) in [5.41, 5.74) is -0.324. The van der Waals surface area contributed by atoms with Gasteiger partial charge in [0.2, 0.25) is 5.82 Å². The Morgan fingerprint density at radius 2 is 1.64 bits per heavy atom. The van der Waals surface area contributed by atoms with Crippen molar-refractivity contribution in [1.29, 1.82) is 0 Å². The van der Waals surface area contributed by atoms with Crippen LogP contribution in [-0.2, 0) is 12.1 Å². The maximum Gasteiger partial charge on any atom is 0.282 e. The number of aromatic nitrogens is 2. The van der Waals surface area contributed by atoms with Crippen molar-refractivity contribution in [3.05, 3.63) is 71.9 Å². The maximum atomic E-state index is 11.8. The second-order valence-electron chi connectivity index (χ2n) is 10.1. The fraction of sp³-hybridized carbons (Fsp3) is 0.481. The summed E-state index contributed by atoms with van der Waals surface area (Å²) < 4.78 is 11.3. The van der Waals surface area contributed by atoms with Gasteiger partial charge in [-0.2, -0.15) is 4.98 Å². The molecule has 2 bridgehead atoms. The fourth-order valence-electron chi connectivity index (χ4n) is 4.44. The minimum absolute atomic E-state index is 0.122. The van der Waals surface area contributed by atoms with E-state index in [0.29, 0.717) is 24.3 Å². The van der Waals surface area contributed by atoms with Crippen LogP contribution in [0.25, 0.3) is 0 Å². The second kappa shape index (κ2) is 9.65. The second-order valence-corrected chi connectivity index (χ2v) is 10.1. The molecule has 176 valence electrons. The minimum Gasteiger partial charge on any atom is -0.457 e. The standard InChI is InChI=1S/C21H32N3O2.C6H4O/c1-16(2)24(3,4)15-19-22-20(23-26-19)21(25,17-11-7-5-8-12-17)18-13-9-6-10-14-18;1-2-5-4-6(3-1)7-5/h5,7-8,11-12,16,18,25H,6,9-10,13-15H2,1-4H3;1-4H/q+1;. The third kappa shape index (κ3) is 5.12. The maximum absolute atomic E-state index is 11.8. The molecule has 0 amide bonds. The molecule has 33 heavy (non-hydrogen) atoms. The van der Waals surface area contributed by atoms with Gasteiger partial charge in [0.05, 0.1) is 20.1 Å². The zero-order valence-corrected chi connectivity index (χ0v) is 20.2. The van der Waals surface area contributed by atoms with Crippen LogP contribution >= 0.6 is 0 Å². The molecule has 2 aliphatic heterocycles. The molecule has 6 heteroatoms. The summed E-state index contributed by atoms with van der Waals surface area (Å²) in [4.78, 5) is 4.66. The Balaban J connectivity index is 0.000000310. The average molecular weight is 451 g/mol. The van der Waals surface area contributed by atoms with Crippen molar-refractivity contribution in [1.82, 2.24) is 10.1 Å². The SMILES string of the molecule is CC(C)[N+](C)(C)Cc1nc(C(O)(c2ccccc2)C2CCCCC2)no1.c1cc2cc(c1)O2. The molecule has 0 saturated heterocycles. The first-order valence-electron chi connectivity index (χ1n) is 12.0. The molecular formula is C27H36N3O3+. The van der Waals surface area contributed by atoms with E-state index in [-0.39, 0.29) is 5.92 Å². The largest absolute Gasteiger partial charge is 0.457 e. The lowest BCUT2D eigenvalue weighted by Gasteiger charge is -2.36. The molecule has 0 radical (unpaired) electrons. The highest BCUT2D eigenvalue weighted by Gasteiger charge is 2.44. The van der Waals surface area contributed by atoms with Crippen LogP contribution in [-0.4, -0.2) is 39.9 Å². The van der Waals surface area contributed by atoms with E-state index in [0.717, 1.165) is 47.2 Å². The molecule has 1 aromatic heterocycles. The van der Waals surface area contributed by atoms with Crippen LogP contribution < -0.4 is 4.74 Å².